The molecule has 0 fully saturated rings. The summed E-state index contributed by atoms with van der Waals surface area (Å²) in [5.41, 5.74) is 0.364. The molecule has 1 atom stereocenters. The van der Waals surface area contributed by atoms with Gasteiger partial charge in [0.15, 0.2) is 0 Å². The van der Waals surface area contributed by atoms with Gasteiger partial charge in [-0.1, -0.05) is 0 Å². The van der Waals surface area contributed by atoms with Gasteiger partial charge in [-0.05, 0) is 6.92 Å². The van der Waals surface area contributed by atoms with E-state index in [0.717, 1.165) is 0 Å². The number of hydrogen-bond acceptors (Lipinski definition) is 3. The standard InChI is InChI=1S/C8H13N3O2/c1-6(12)3-9-8(13)7-4-11(2)5-10-7/h4-6,12H,3H2,1-2H3,(H,9,13)/t6-/m1/s1. The number of aromatic nitrogens is 2. The number of imidazole rings is 1. The highest BCUT2D eigenvalue weighted by Gasteiger charge is 2.08. The van der Waals surface area contributed by atoms with E-state index in [2.05, 4.69) is 10.3 Å². The first kappa shape index (κ1) is 9.73. The Balaban J connectivity index is 2.49. The second-order valence-corrected chi connectivity index (χ2v) is 2.98. The zero-order valence-corrected chi connectivity index (χ0v) is 7.69. The van der Waals surface area contributed by atoms with Crippen molar-refractivity contribution >= 4 is 5.91 Å². The van der Waals surface area contributed by atoms with E-state index < -0.39 is 6.10 Å². The van der Waals surface area contributed by atoms with E-state index in [1.807, 2.05) is 0 Å². The van der Waals surface area contributed by atoms with Crippen molar-refractivity contribution in [2.24, 2.45) is 7.05 Å². The van der Waals surface area contributed by atoms with E-state index in [-0.39, 0.29) is 12.5 Å². The van der Waals surface area contributed by atoms with Crippen molar-refractivity contribution in [3.8, 4) is 0 Å². The molecule has 0 unspecified atom stereocenters. The maximum Gasteiger partial charge on any atom is 0.271 e. The van der Waals surface area contributed by atoms with E-state index in [9.17, 15) is 4.79 Å². The number of nitrogens with zero attached hydrogens (tertiary/aromatic N) is 2. The molecule has 1 amide bonds. The fourth-order valence-electron chi connectivity index (χ4n) is 0.861. The summed E-state index contributed by atoms with van der Waals surface area (Å²) in [5.74, 6) is -0.262. The van der Waals surface area contributed by atoms with Crippen LogP contribution in [0.1, 0.15) is 17.4 Å². The minimum atomic E-state index is -0.535. The fraction of sp³-hybridized carbons (Fsp3) is 0.500. The molecule has 0 aromatic carbocycles. The van der Waals surface area contributed by atoms with Gasteiger partial charge in [0, 0.05) is 19.8 Å². The highest BCUT2D eigenvalue weighted by molar-refractivity contribution is 5.91. The van der Waals surface area contributed by atoms with Gasteiger partial charge in [-0.25, -0.2) is 4.98 Å². The van der Waals surface area contributed by atoms with Gasteiger partial charge in [0.1, 0.15) is 5.69 Å². The lowest BCUT2D eigenvalue weighted by Crippen LogP contribution is -2.30. The predicted octanol–water partition coefficient (Wildman–Crippen LogP) is -0.469. The third-order valence-electron chi connectivity index (χ3n) is 1.50. The summed E-state index contributed by atoms with van der Waals surface area (Å²) in [6.45, 7) is 1.86. The second kappa shape index (κ2) is 4.04. The van der Waals surface area contributed by atoms with Crippen LogP contribution in [0, 0.1) is 0 Å². The minimum absolute atomic E-state index is 0.245. The predicted molar refractivity (Wildman–Crippen MR) is 47.2 cm³/mol. The summed E-state index contributed by atoms with van der Waals surface area (Å²) in [5, 5.41) is 11.5. The molecule has 5 nitrogen and oxygen atoms in total. The average Bonchev–Trinajstić information content (AvgIpc) is 2.47. The number of aliphatic hydroxyl groups is 1. The number of rotatable bonds is 3. The molecule has 0 bridgehead atoms. The van der Waals surface area contributed by atoms with Gasteiger partial charge in [-0.15, -0.1) is 0 Å². The van der Waals surface area contributed by atoms with E-state index >= 15 is 0 Å². The van der Waals surface area contributed by atoms with Crippen molar-refractivity contribution in [2.75, 3.05) is 6.54 Å². The van der Waals surface area contributed by atoms with Gasteiger partial charge < -0.3 is 15.0 Å². The zero-order valence-electron chi connectivity index (χ0n) is 7.69. The van der Waals surface area contributed by atoms with Crippen molar-refractivity contribution < 1.29 is 9.90 Å². The Morgan fingerprint density at radius 3 is 3.00 bits per heavy atom. The lowest BCUT2D eigenvalue weighted by atomic mass is 10.4. The lowest BCUT2D eigenvalue weighted by molar-refractivity contribution is 0.0919. The van der Waals surface area contributed by atoms with Crippen LogP contribution in [0.3, 0.4) is 0 Å². The Morgan fingerprint density at radius 1 is 1.85 bits per heavy atom. The molecule has 13 heavy (non-hydrogen) atoms. The molecule has 72 valence electrons. The van der Waals surface area contributed by atoms with Crippen molar-refractivity contribution in [1.29, 1.82) is 0 Å². The first-order valence-corrected chi connectivity index (χ1v) is 4.04. The number of amides is 1. The molecule has 0 saturated carbocycles. The van der Waals surface area contributed by atoms with E-state index in [1.165, 1.54) is 0 Å². The van der Waals surface area contributed by atoms with Crippen molar-refractivity contribution in [3.05, 3.63) is 18.2 Å². The summed E-state index contributed by atoms with van der Waals surface area (Å²) < 4.78 is 1.69. The van der Waals surface area contributed by atoms with Crippen LogP contribution < -0.4 is 5.32 Å². The molecule has 0 spiro atoms. The quantitative estimate of drug-likeness (QED) is 0.665. The summed E-state index contributed by atoms with van der Waals surface area (Å²) in [4.78, 5) is 15.1. The summed E-state index contributed by atoms with van der Waals surface area (Å²) in [7, 11) is 1.79. The molecular weight excluding hydrogens is 170 g/mol. The molecule has 0 aliphatic heterocycles. The van der Waals surface area contributed by atoms with Gasteiger partial charge in [0.25, 0.3) is 5.91 Å². The maximum absolute atomic E-state index is 11.3. The molecule has 1 rings (SSSR count). The SMILES string of the molecule is C[C@@H](O)CNC(=O)c1cn(C)cn1. The highest BCUT2D eigenvalue weighted by Crippen LogP contribution is 1.93. The molecule has 0 saturated heterocycles. The minimum Gasteiger partial charge on any atom is -0.392 e. The molecule has 2 N–H and O–H groups in total. The lowest BCUT2D eigenvalue weighted by Gasteiger charge is -2.04. The molecule has 0 aliphatic rings. The molecule has 0 radical (unpaired) electrons. The van der Waals surface area contributed by atoms with Crippen LogP contribution in [-0.2, 0) is 7.05 Å². The maximum atomic E-state index is 11.3. The Labute approximate surface area is 76.4 Å². The van der Waals surface area contributed by atoms with Gasteiger partial charge in [0.2, 0.25) is 0 Å². The monoisotopic (exact) mass is 183 g/mol. The number of carbonyl (C=O) groups is 1. The van der Waals surface area contributed by atoms with Crippen LogP contribution in [0.2, 0.25) is 0 Å². The van der Waals surface area contributed by atoms with Gasteiger partial charge in [-0.3, -0.25) is 4.79 Å². The second-order valence-electron chi connectivity index (χ2n) is 2.98. The molecule has 5 heteroatoms. The molecule has 1 aromatic heterocycles. The van der Waals surface area contributed by atoms with Crippen LogP contribution >= 0.6 is 0 Å². The topological polar surface area (TPSA) is 67.2 Å². The summed E-state index contributed by atoms with van der Waals surface area (Å²) in [6, 6.07) is 0. The van der Waals surface area contributed by atoms with E-state index in [0.29, 0.717) is 5.69 Å². The van der Waals surface area contributed by atoms with Crippen molar-refractivity contribution in [2.45, 2.75) is 13.0 Å². The van der Waals surface area contributed by atoms with Gasteiger partial charge in [-0.2, -0.15) is 0 Å². The van der Waals surface area contributed by atoms with Crippen LogP contribution in [0.5, 0.6) is 0 Å². The third-order valence-corrected chi connectivity index (χ3v) is 1.50. The number of carbonyl (C=O) groups excluding carboxylic acids is 1. The van der Waals surface area contributed by atoms with Crippen LogP contribution in [0.25, 0.3) is 0 Å². The van der Waals surface area contributed by atoms with Crippen molar-refractivity contribution in [3.63, 3.8) is 0 Å². The smallest absolute Gasteiger partial charge is 0.271 e. The first-order chi connectivity index (χ1) is 6.09. The van der Waals surface area contributed by atoms with Gasteiger partial charge >= 0.3 is 0 Å². The zero-order chi connectivity index (χ0) is 9.84. The molecule has 1 heterocycles. The van der Waals surface area contributed by atoms with Gasteiger partial charge in [0.05, 0.1) is 12.4 Å². The van der Waals surface area contributed by atoms with Crippen LogP contribution in [-0.4, -0.2) is 33.2 Å². The number of aryl methyl sites for hydroxylation is 1. The summed E-state index contributed by atoms with van der Waals surface area (Å²) >= 11 is 0. The Kier molecular flexibility index (Phi) is 3.02. The molecular formula is C8H13N3O2. The fourth-order valence-corrected chi connectivity index (χ4v) is 0.861. The molecule has 1 aromatic rings. The largest absolute Gasteiger partial charge is 0.392 e. The molecule has 0 aliphatic carbocycles. The average molecular weight is 183 g/mol. The Bertz CT molecular complexity index is 293. The van der Waals surface area contributed by atoms with Crippen molar-refractivity contribution in [1.82, 2.24) is 14.9 Å². The Morgan fingerprint density at radius 2 is 2.54 bits per heavy atom. The Hall–Kier alpha value is -1.36. The van der Waals surface area contributed by atoms with Crippen LogP contribution in [0.15, 0.2) is 12.5 Å². The number of hydrogen-bond donors (Lipinski definition) is 2. The third kappa shape index (κ3) is 2.87. The van der Waals surface area contributed by atoms with Crippen LogP contribution in [0.4, 0.5) is 0 Å². The normalized spacial score (nSPS) is 12.5. The van der Waals surface area contributed by atoms with E-state index in [1.54, 1.807) is 31.1 Å². The van der Waals surface area contributed by atoms with E-state index in [4.69, 9.17) is 5.11 Å². The summed E-state index contributed by atoms with van der Waals surface area (Å²) in [6.07, 6.45) is 2.64. The number of aliphatic hydroxyl groups excluding tert-OH is 1. The first-order valence-electron chi connectivity index (χ1n) is 4.04. The number of nitrogens with one attached hydrogen (secondary N) is 1. The highest BCUT2D eigenvalue weighted by atomic mass is 16.3.